The van der Waals surface area contributed by atoms with Crippen LogP contribution in [0.2, 0.25) is 0 Å². The van der Waals surface area contributed by atoms with Gasteiger partial charge in [-0.15, -0.1) is 0 Å². The topological polar surface area (TPSA) is 72.2 Å². The summed E-state index contributed by atoms with van der Waals surface area (Å²) in [4.78, 5) is 23.4. The number of nitrogens with one attached hydrogen (secondary N) is 1. The molecule has 1 aliphatic carbocycles. The highest BCUT2D eigenvalue weighted by molar-refractivity contribution is 5.99. The third kappa shape index (κ3) is 4.08. The Morgan fingerprint density at radius 3 is 2.25 bits per heavy atom. The van der Waals surface area contributed by atoms with E-state index >= 15 is 0 Å². The molecule has 4 heteroatoms. The Hall–Kier alpha value is -1.84. The van der Waals surface area contributed by atoms with Crippen LogP contribution in [0.5, 0.6) is 0 Å². The fourth-order valence-electron chi connectivity index (χ4n) is 2.68. The van der Waals surface area contributed by atoms with Gasteiger partial charge in [-0.1, -0.05) is 38.2 Å². The number of primary amides is 1. The number of nitrogens with two attached hydrogens (primary N) is 1. The summed E-state index contributed by atoms with van der Waals surface area (Å²) in [5.41, 5.74) is 6.11. The molecule has 4 nitrogen and oxygen atoms in total. The first-order valence-electron chi connectivity index (χ1n) is 7.37. The molecule has 20 heavy (non-hydrogen) atoms. The van der Waals surface area contributed by atoms with E-state index in [4.69, 9.17) is 5.73 Å². The van der Waals surface area contributed by atoms with Crippen molar-refractivity contribution in [3.8, 4) is 0 Å². The summed E-state index contributed by atoms with van der Waals surface area (Å²) in [5.74, 6) is -0.621. The summed E-state index contributed by atoms with van der Waals surface area (Å²) in [6, 6.07) is 6.83. The Kier molecular flexibility index (Phi) is 5.16. The molecule has 0 atom stereocenters. The van der Waals surface area contributed by atoms with Crippen molar-refractivity contribution in [2.75, 3.05) is 0 Å². The molecule has 0 saturated heterocycles. The molecule has 1 aliphatic rings. The van der Waals surface area contributed by atoms with E-state index in [1.807, 2.05) is 0 Å². The predicted octanol–water partition coefficient (Wildman–Crippen LogP) is 2.63. The number of carbonyl (C=O) groups excluding carboxylic acids is 2. The lowest BCUT2D eigenvalue weighted by Crippen LogP contribution is -2.35. The lowest BCUT2D eigenvalue weighted by atomic mass is 9.96. The highest BCUT2D eigenvalue weighted by atomic mass is 16.2. The molecule has 0 aromatic heterocycles. The Morgan fingerprint density at radius 1 is 1.00 bits per heavy atom. The zero-order valence-corrected chi connectivity index (χ0v) is 11.7. The third-order valence-corrected chi connectivity index (χ3v) is 3.85. The van der Waals surface area contributed by atoms with E-state index in [1.165, 1.54) is 32.1 Å². The zero-order valence-electron chi connectivity index (χ0n) is 11.7. The van der Waals surface area contributed by atoms with E-state index in [0.29, 0.717) is 11.1 Å². The highest BCUT2D eigenvalue weighted by Gasteiger charge is 2.15. The largest absolute Gasteiger partial charge is 0.366 e. The smallest absolute Gasteiger partial charge is 0.251 e. The first-order chi connectivity index (χ1) is 9.66. The SMILES string of the molecule is NC(=O)c1cccc(C(=O)NC2CCCCCCC2)c1. The third-order valence-electron chi connectivity index (χ3n) is 3.85. The zero-order chi connectivity index (χ0) is 14.4. The number of rotatable bonds is 3. The Bertz CT molecular complexity index is 477. The molecule has 3 N–H and O–H groups in total. The second-order valence-electron chi connectivity index (χ2n) is 5.46. The minimum atomic E-state index is -0.509. The summed E-state index contributed by atoms with van der Waals surface area (Å²) >= 11 is 0. The second kappa shape index (κ2) is 7.08. The van der Waals surface area contributed by atoms with Crippen LogP contribution in [-0.2, 0) is 0 Å². The Labute approximate surface area is 119 Å². The van der Waals surface area contributed by atoms with Crippen molar-refractivity contribution < 1.29 is 9.59 Å². The molecule has 2 rings (SSSR count). The molecule has 1 aromatic rings. The first kappa shape index (κ1) is 14.6. The van der Waals surface area contributed by atoms with E-state index in [-0.39, 0.29) is 11.9 Å². The average Bonchev–Trinajstić information content (AvgIpc) is 2.41. The maximum Gasteiger partial charge on any atom is 0.251 e. The van der Waals surface area contributed by atoms with Crippen LogP contribution in [0.1, 0.15) is 65.7 Å². The van der Waals surface area contributed by atoms with Gasteiger partial charge in [0, 0.05) is 17.2 Å². The van der Waals surface area contributed by atoms with Gasteiger partial charge >= 0.3 is 0 Å². The summed E-state index contributed by atoms with van der Waals surface area (Å²) < 4.78 is 0. The van der Waals surface area contributed by atoms with Crippen molar-refractivity contribution in [3.05, 3.63) is 35.4 Å². The molecule has 108 valence electrons. The van der Waals surface area contributed by atoms with Gasteiger partial charge in [0.25, 0.3) is 5.91 Å². The normalized spacial score (nSPS) is 17.0. The summed E-state index contributed by atoms with van der Waals surface area (Å²) in [5, 5.41) is 3.08. The van der Waals surface area contributed by atoms with Crippen LogP contribution in [0.4, 0.5) is 0 Å². The Balaban J connectivity index is 1.99. The van der Waals surface area contributed by atoms with Crippen LogP contribution < -0.4 is 11.1 Å². The quantitative estimate of drug-likeness (QED) is 0.889. The molecule has 0 heterocycles. The van der Waals surface area contributed by atoms with Crippen LogP contribution in [0.3, 0.4) is 0 Å². The van der Waals surface area contributed by atoms with Gasteiger partial charge in [0.1, 0.15) is 0 Å². The molecular formula is C16H22N2O2. The molecule has 0 spiro atoms. The lowest BCUT2D eigenvalue weighted by Gasteiger charge is -2.21. The van der Waals surface area contributed by atoms with Crippen LogP contribution >= 0.6 is 0 Å². The van der Waals surface area contributed by atoms with Gasteiger partial charge in [0.2, 0.25) is 5.91 Å². The molecule has 0 bridgehead atoms. The maximum absolute atomic E-state index is 12.2. The van der Waals surface area contributed by atoms with Crippen molar-refractivity contribution in [1.29, 1.82) is 0 Å². The lowest BCUT2D eigenvalue weighted by molar-refractivity contribution is 0.0930. The van der Waals surface area contributed by atoms with E-state index in [1.54, 1.807) is 24.3 Å². The average molecular weight is 274 g/mol. The highest BCUT2D eigenvalue weighted by Crippen LogP contribution is 2.17. The van der Waals surface area contributed by atoms with Gasteiger partial charge in [-0.2, -0.15) is 0 Å². The van der Waals surface area contributed by atoms with E-state index in [0.717, 1.165) is 12.8 Å². The van der Waals surface area contributed by atoms with Crippen molar-refractivity contribution >= 4 is 11.8 Å². The van der Waals surface area contributed by atoms with Crippen molar-refractivity contribution in [2.24, 2.45) is 5.73 Å². The first-order valence-corrected chi connectivity index (χ1v) is 7.37. The molecule has 2 amide bonds. The number of hydrogen-bond donors (Lipinski definition) is 2. The van der Waals surface area contributed by atoms with Crippen LogP contribution in [0, 0.1) is 0 Å². The Morgan fingerprint density at radius 2 is 1.60 bits per heavy atom. The van der Waals surface area contributed by atoms with Gasteiger partial charge in [-0.25, -0.2) is 0 Å². The van der Waals surface area contributed by atoms with Gasteiger partial charge in [0.15, 0.2) is 0 Å². The van der Waals surface area contributed by atoms with Gasteiger partial charge in [0.05, 0.1) is 0 Å². The maximum atomic E-state index is 12.2. The van der Waals surface area contributed by atoms with Crippen LogP contribution in [0.15, 0.2) is 24.3 Å². The number of hydrogen-bond acceptors (Lipinski definition) is 2. The fraction of sp³-hybridized carbons (Fsp3) is 0.500. The van der Waals surface area contributed by atoms with Gasteiger partial charge in [-0.3, -0.25) is 9.59 Å². The fourth-order valence-corrected chi connectivity index (χ4v) is 2.68. The van der Waals surface area contributed by atoms with Crippen molar-refractivity contribution in [1.82, 2.24) is 5.32 Å². The minimum Gasteiger partial charge on any atom is -0.366 e. The monoisotopic (exact) mass is 274 g/mol. The molecule has 1 aromatic carbocycles. The number of benzene rings is 1. The molecule has 1 saturated carbocycles. The summed E-state index contributed by atoms with van der Waals surface area (Å²) in [7, 11) is 0. The summed E-state index contributed by atoms with van der Waals surface area (Å²) in [6.45, 7) is 0. The number of amides is 2. The van der Waals surface area contributed by atoms with E-state index in [2.05, 4.69) is 5.32 Å². The minimum absolute atomic E-state index is 0.112. The van der Waals surface area contributed by atoms with E-state index in [9.17, 15) is 9.59 Å². The van der Waals surface area contributed by atoms with E-state index < -0.39 is 5.91 Å². The molecule has 0 unspecified atom stereocenters. The molecule has 0 radical (unpaired) electrons. The van der Waals surface area contributed by atoms with Crippen LogP contribution in [0.25, 0.3) is 0 Å². The van der Waals surface area contributed by atoms with Crippen molar-refractivity contribution in [3.63, 3.8) is 0 Å². The number of carbonyl (C=O) groups is 2. The summed E-state index contributed by atoms with van der Waals surface area (Å²) in [6.07, 6.45) is 8.25. The molecular weight excluding hydrogens is 252 g/mol. The second-order valence-corrected chi connectivity index (χ2v) is 5.46. The molecule has 1 fully saturated rings. The predicted molar refractivity (Wildman–Crippen MR) is 78.5 cm³/mol. The van der Waals surface area contributed by atoms with Crippen molar-refractivity contribution in [2.45, 2.75) is 51.0 Å². The van der Waals surface area contributed by atoms with Crippen LogP contribution in [-0.4, -0.2) is 17.9 Å². The molecule has 0 aliphatic heterocycles. The van der Waals surface area contributed by atoms with Gasteiger partial charge in [-0.05, 0) is 31.0 Å². The van der Waals surface area contributed by atoms with Gasteiger partial charge < -0.3 is 11.1 Å². The standard InChI is InChI=1S/C16H22N2O2/c17-15(19)12-7-6-8-13(11-12)16(20)18-14-9-4-2-1-3-5-10-14/h6-8,11,14H,1-5,9-10H2,(H2,17,19)(H,18,20).